The SMILES string of the molecule is CCN(CCOC)S(=O)(=O)c1ccc(OCC(=O)O)cc1. The third kappa shape index (κ3) is 5.00. The quantitative estimate of drug-likeness (QED) is 0.724. The molecule has 0 saturated carbocycles. The molecule has 0 aromatic heterocycles. The van der Waals surface area contributed by atoms with Gasteiger partial charge in [0.25, 0.3) is 0 Å². The molecule has 0 heterocycles. The van der Waals surface area contributed by atoms with Gasteiger partial charge in [-0.05, 0) is 24.3 Å². The van der Waals surface area contributed by atoms with Gasteiger partial charge in [0.15, 0.2) is 6.61 Å². The Morgan fingerprint density at radius 3 is 2.38 bits per heavy atom. The molecule has 0 unspecified atom stereocenters. The van der Waals surface area contributed by atoms with E-state index < -0.39 is 22.6 Å². The van der Waals surface area contributed by atoms with E-state index in [1.165, 1.54) is 35.7 Å². The summed E-state index contributed by atoms with van der Waals surface area (Å²) in [5.41, 5.74) is 0. The van der Waals surface area contributed by atoms with Gasteiger partial charge in [-0.15, -0.1) is 0 Å². The van der Waals surface area contributed by atoms with Crippen molar-refractivity contribution in [3.8, 4) is 5.75 Å². The van der Waals surface area contributed by atoms with Crippen molar-refractivity contribution in [3.63, 3.8) is 0 Å². The average molecular weight is 317 g/mol. The fourth-order valence-corrected chi connectivity index (χ4v) is 3.08. The van der Waals surface area contributed by atoms with Crippen molar-refractivity contribution in [1.29, 1.82) is 0 Å². The lowest BCUT2D eigenvalue weighted by Gasteiger charge is -2.20. The molecule has 0 bridgehead atoms. The Morgan fingerprint density at radius 2 is 1.90 bits per heavy atom. The molecular weight excluding hydrogens is 298 g/mol. The highest BCUT2D eigenvalue weighted by molar-refractivity contribution is 7.89. The average Bonchev–Trinajstić information content (AvgIpc) is 2.46. The fraction of sp³-hybridized carbons (Fsp3) is 0.462. The van der Waals surface area contributed by atoms with Crippen molar-refractivity contribution in [3.05, 3.63) is 24.3 Å². The minimum absolute atomic E-state index is 0.128. The number of likely N-dealkylation sites (N-methyl/N-ethyl adjacent to an activating group) is 1. The van der Waals surface area contributed by atoms with Gasteiger partial charge in [-0.25, -0.2) is 13.2 Å². The molecule has 0 aliphatic rings. The van der Waals surface area contributed by atoms with E-state index >= 15 is 0 Å². The number of hydrogen-bond donors (Lipinski definition) is 1. The van der Waals surface area contributed by atoms with Crippen LogP contribution in [0.5, 0.6) is 5.75 Å². The highest BCUT2D eigenvalue weighted by Gasteiger charge is 2.22. The molecule has 1 aromatic carbocycles. The Hall–Kier alpha value is -1.64. The van der Waals surface area contributed by atoms with Crippen molar-refractivity contribution >= 4 is 16.0 Å². The number of hydrogen-bond acceptors (Lipinski definition) is 5. The number of methoxy groups -OCH3 is 1. The maximum Gasteiger partial charge on any atom is 0.341 e. The number of carboxylic acids is 1. The second-order valence-corrected chi connectivity index (χ2v) is 6.08. The summed E-state index contributed by atoms with van der Waals surface area (Å²) in [5.74, 6) is -0.792. The van der Waals surface area contributed by atoms with Gasteiger partial charge in [-0.1, -0.05) is 6.92 Å². The van der Waals surface area contributed by atoms with Gasteiger partial charge in [0, 0.05) is 20.2 Å². The zero-order valence-corrected chi connectivity index (χ0v) is 12.8. The van der Waals surface area contributed by atoms with E-state index in [1.807, 2.05) is 0 Å². The van der Waals surface area contributed by atoms with Crippen LogP contribution in [0.25, 0.3) is 0 Å². The predicted octanol–water partition coefficient (Wildman–Crippen LogP) is 0.807. The van der Waals surface area contributed by atoms with Crippen LogP contribution in [0.15, 0.2) is 29.2 Å². The Morgan fingerprint density at radius 1 is 1.29 bits per heavy atom. The number of carbonyl (C=O) groups is 1. The van der Waals surface area contributed by atoms with Gasteiger partial charge >= 0.3 is 5.97 Å². The van der Waals surface area contributed by atoms with Gasteiger partial charge in [0.05, 0.1) is 11.5 Å². The van der Waals surface area contributed by atoms with Crippen molar-refractivity contribution in [1.82, 2.24) is 4.31 Å². The van der Waals surface area contributed by atoms with Crippen LogP contribution in [0.4, 0.5) is 0 Å². The molecule has 0 aliphatic heterocycles. The first-order valence-corrected chi connectivity index (χ1v) is 7.79. The van der Waals surface area contributed by atoms with Gasteiger partial charge in [-0.3, -0.25) is 0 Å². The fourth-order valence-electron chi connectivity index (χ4n) is 1.64. The first kappa shape index (κ1) is 17.4. The number of rotatable bonds is 9. The molecule has 0 amide bonds. The zero-order valence-electron chi connectivity index (χ0n) is 12.0. The molecule has 0 radical (unpaired) electrons. The number of carboxylic acid groups (broad SMARTS) is 1. The highest BCUT2D eigenvalue weighted by atomic mass is 32.2. The van der Waals surface area contributed by atoms with Crippen LogP contribution in [-0.4, -0.2) is 57.2 Å². The maximum absolute atomic E-state index is 12.4. The Bertz CT molecular complexity index is 555. The normalized spacial score (nSPS) is 11.6. The molecule has 0 aliphatic carbocycles. The van der Waals surface area contributed by atoms with Crippen LogP contribution >= 0.6 is 0 Å². The van der Waals surface area contributed by atoms with E-state index in [-0.39, 0.29) is 11.4 Å². The van der Waals surface area contributed by atoms with E-state index in [1.54, 1.807) is 6.92 Å². The van der Waals surface area contributed by atoms with E-state index in [2.05, 4.69) is 0 Å². The summed E-state index contributed by atoms with van der Waals surface area (Å²) in [6.45, 7) is 2.20. The largest absolute Gasteiger partial charge is 0.482 e. The molecule has 1 N–H and O–H groups in total. The van der Waals surface area contributed by atoms with Gasteiger partial charge < -0.3 is 14.6 Å². The zero-order chi connectivity index (χ0) is 15.9. The van der Waals surface area contributed by atoms with E-state index in [4.69, 9.17) is 14.6 Å². The summed E-state index contributed by atoms with van der Waals surface area (Å²) in [7, 11) is -2.08. The number of sulfonamides is 1. The topological polar surface area (TPSA) is 93.1 Å². The Kier molecular flexibility index (Phi) is 6.60. The van der Waals surface area contributed by atoms with E-state index in [0.29, 0.717) is 18.9 Å². The number of nitrogens with zero attached hydrogens (tertiary/aromatic N) is 1. The van der Waals surface area contributed by atoms with Crippen LogP contribution < -0.4 is 4.74 Å². The van der Waals surface area contributed by atoms with Crippen molar-refractivity contribution in [2.24, 2.45) is 0 Å². The van der Waals surface area contributed by atoms with Gasteiger partial charge in [0.2, 0.25) is 10.0 Å². The van der Waals surface area contributed by atoms with E-state index in [0.717, 1.165) is 0 Å². The smallest absolute Gasteiger partial charge is 0.341 e. The molecule has 0 fully saturated rings. The Balaban J connectivity index is 2.85. The second-order valence-electron chi connectivity index (χ2n) is 4.14. The van der Waals surface area contributed by atoms with Crippen LogP contribution in [0.3, 0.4) is 0 Å². The van der Waals surface area contributed by atoms with Crippen LogP contribution in [0.1, 0.15) is 6.92 Å². The standard InChI is InChI=1S/C13H19NO6S/c1-3-14(8-9-19-2)21(17,18)12-6-4-11(5-7-12)20-10-13(15)16/h4-7H,3,8-10H2,1-2H3,(H,15,16). The second kappa shape index (κ2) is 7.96. The number of benzene rings is 1. The minimum atomic E-state index is -3.59. The predicted molar refractivity (Wildman–Crippen MR) is 75.9 cm³/mol. The molecule has 21 heavy (non-hydrogen) atoms. The Labute approximate surface area is 124 Å². The van der Waals surface area contributed by atoms with Crippen molar-refractivity contribution < 1.29 is 27.8 Å². The first-order valence-electron chi connectivity index (χ1n) is 6.35. The summed E-state index contributed by atoms with van der Waals surface area (Å²) < 4.78 is 35.9. The first-order chi connectivity index (χ1) is 9.91. The lowest BCUT2D eigenvalue weighted by Crippen LogP contribution is -2.33. The third-order valence-corrected chi connectivity index (χ3v) is 4.71. The maximum atomic E-state index is 12.4. The molecule has 0 saturated heterocycles. The minimum Gasteiger partial charge on any atom is -0.482 e. The molecule has 118 valence electrons. The molecule has 0 spiro atoms. The van der Waals surface area contributed by atoms with Crippen LogP contribution in [0, 0.1) is 0 Å². The van der Waals surface area contributed by atoms with Crippen molar-refractivity contribution in [2.75, 3.05) is 33.4 Å². The highest BCUT2D eigenvalue weighted by Crippen LogP contribution is 2.19. The third-order valence-electron chi connectivity index (χ3n) is 2.72. The number of ether oxygens (including phenoxy) is 2. The van der Waals surface area contributed by atoms with Crippen LogP contribution in [0.2, 0.25) is 0 Å². The summed E-state index contributed by atoms with van der Waals surface area (Å²) in [6.07, 6.45) is 0. The summed E-state index contributed by atoms with van der Waals surface area (Å²) in [5, 5.41) is 8.51. The van der Waals surface area contributed by atoms with Crippen LogP contribution in [-0.2, 0) is 19.6 Å². The van der Waals surface area contributed by atoms with Crippen molar-refractivity contribution in [2.45, 2.75) is 11.8 Å². The summed E-state index contributed by atoms with van der Waals surface area (Å²) >= 11 is 0. The molecule has 8 heteroatoms. The molecule has 1 rings (SSSR count). The summed E-state index contributed by atoms with van der Waals surface area (Å²) in [6, 6.07) is 5.64. The lowest BCUT2D eigenvalue weighted by molar-refractivity contribution is -0.139. The summed E-state index contributed by atoms with van der Waals surface area (Å²) in [4.78, 5) is 10.5. The van der Waals surface area contributed by atoms with Gasteiger partial charge in [-0.2, -0.15) is 4.31 Å². The lowest BCUT2D eigenvalue weighted by atomic mass is 10.3. The molecule has 1 aromatic rings. The monoisotopic (exact) mass is 317 g/mol. The molecular formula is C13H19NO6S. The number of aliphatic carboxylic acids is 1. The van der Waals surface area contributed by atoms with E-state index in [9.17, 15) is 13.2 Å². The van der Waals surface area contributed by atoms with Gasteiger partial charge in [0.1, 0.15) is 5.75 Å². The molecule has 0 atom stereocenters. The molecule has 7 nitrogen and oxygen atoms in total.